The van der Waals surface area contributed by atoms with E-state index in [-0.39, 0.29) is 17.9 Å². The van der Waals surface area contributed by atoms with Gasteiger partial charge in [-0.2, -0.15) is 0 Å². The summed E-state index contributed by atoms with van der Waals surface area (Å²) in [6, 6.07) is 18.1. The van der Waals surface area contributed by atoms with Gasteiger partial charge in [0.15, 0.2) is 0 Å². The molecule has 6 nitrogen and oxygen atoms in total. The van der Waals surface area contributed by atoms with E-state index in [2.05, 4.69) is 15.6 Å². The summed E-state index contributed by atoms with van der Waals surface area (Å²) in [6.07, 6.45) is 0. The number of amides is 2. The molecule has 1 aromatic heterocycles. The number of pyridine rings is 1. The molecule has 0 aliphatic carbocycles. The lowest BCUT2D eigenvalue weighted by molar-refractivity contribution is 0.0941. The molecule has 2 N–H and O–H groups in total. The van der Waals surface area contributed by atoms with Gasteiger partial charge in [-0.15, -0.1) is 0 Å². The normalized spacial score (nSPS) is 10.3. The topological polar surface area (TPSA) is 80.3 Å². The lowest BCUT2D eigenvalue weighted by atomic mass is 10.2. The van der Waals surface area contributed by atoms with E-state index in [1.807, 2.05) is 12.1 Å². The van der Waals surface area contributed by atoms with Gasteiger partial charge in [-0.05, 0) is 35.9 Å². The van der Waals surface area contributed by atoms with Crippen molar-refractivity contribution >= 4 is 11.8 Å². The standard InChI is InChI=1S/C22H20FN3O3/c1-29-17-11-9-15(10-12-17)13-24-21(27)19-7-4-8-20(26-19)22(28)25-14-16-5-2-3-6-18(16)23/h2-12H,13-14H2,1H3,(H,24,27)(H,25,28). The lowest BCUT2D eigenvalue weighted by Crippen LogP contribution is -2.27. The van der Waals surface area contributed by atoms with Crippen LogP contribution in [0.3, 0.4) is 0 Å². The number of methoxy groups -OCH3 is 1. The molecule has 3 rings (SSSR count). The summed E-state index contributed by atoms with van der Waals surface area (Å²) >= 11 is 0. The SMILES string of the molecule is COc1ccc(CNC(=O)c2cccc(C(=O)NCc3ccccc3F)n2)cc1. The fourth-order valence-corrected chi connectivity index (χ4v) is 2.61. The van der Waals surface area contributed by atoms with Gasteiger partial charge in [-0.3, -0.25) is 9.59 Å². The van der Waals surface area contributed by atoms with Crippen LogP contribution in [-0.2, 0) is 13.1 Å². The molecular weight excluding hydrogens is 373 g/mol. The van der Waals surface area contributed by atoms with E-state index in [1.54, 1.807) is 43.5 Å². The van der Waals surface area contributed by atoms with E-state index in [1.165, 1.54) is 18.2 Å². The number of nitrogens with zero attached hydrogens (tertiary/aromatic N) is 1. The van der Waals surface area contributed by atoms with Gasteiger partial charge in [-0.25, -0.2) is 9.37 Å². The van der Waals surface area contributed by atoms with Crippen LogP contribution in [0.1, 0.15) is 32.1 Å². The first-order valence-corrected chi connectivity index (χ1v) is 8.96. The van der Waals surface area contributed by atoms with Crippen LogP contribution in [0.25, 0.3) is 0 Å². The fraction of sp³-hybridized carbons (Fsp3) is 0.136. The van der Waals surface area contributed by atoms with E-state index in [4.69, 9.17) is 4.74 Å². The Kier molecular flexibility index (Phi) is 6.52. The molecule has 3 aromatic rings. The van der Waals surface area contributed by atoms with Crippen LogP contribution >= 0.6 is 0 Å². The maximum Gasteiger partial charge on any atom is 0.270 e. The molecule has 1 heterocycles. The third kappa shape index (κ3) is 5.38. The summed E-state index contributed by atoms with van der Waals surface area (Å²) in [4.78, 5) is 28.8. The third-order valence-electron chi connectivity index (χ3n) is 4.22. The minimum absolute atomic E-state index is 0.0288. The van der Waals surface area contributed by atoms with Crippen LogP contribution in [0.15, 0.2) is 66.7 Å². The van der Waals surface area contributed by atoms with Gasteiger partial charge in [0, 0.05) is 18.7 Å². The average Bonchev–Trinajstić information content (AvgIpc) is 2.77. The van der Waals surface area contributed by atoms with Gasteiger partial charge in [0.25, 0.3) is 11.8 Å². The van der Waals surface area contributed by atoms with E-state index >= 15 is 0 Å². The molecule has 0 aliphatic heterocycles. The van der Waals surface area contributed by atoms with E-state index in [9.17, 15) is 14.0 Å². The Hall–Kier alpha value is -3.74. The molecule has 0 spiro atoms. The molecule has 0 saturated carbocycles. The summed E-state index contributed by atoms with van der Waals surface area (Å²) < 4.78 is 18.8. The molecule has 0 radical (unpaired) electrons. The van der Waals surface area contributed by atoms with Gasteiger partial charge in [0.1, 0.15) is 23.0 Å². The van der Waals surface area contributed by atoms with Crippen molar-refractivity contribution in [3.8, 4) is 5.75 Å². The Morgan fingerprint density at radius 3 is 2.10 bits per heavy atom. The van der Waals surface area contributed by atoms with Crippen molar-refractivity contribution in [2.24, 2.45) is 0 Å². The third-order valence-corrected chi connectivity index (χ3v) is 4.22. The predicted molar refractivity (Wildman–Crippen MR) is 106 cm³/mol. The van der Waals surface area contributed by atoms with Crippen LogP contribution in [0, 0.1) is 5.82 Å². The number of hydrogen-bond donors (Lipinski definition) is 2. The molecule has 2 aromatic carbocycles. The average molecular weight is 393 g/mol. The zero-order valence-corrected chi connectivity index (χ0v) is 15.8. The molecule has 7 heteroatoms. The molecule has 29 heavy (non-hydrogen) atoms. The minimum Gasteiger partial charge on any atom is -0.497 e. The number of ether oxygens (including phenoxy) is 1. The van der Waals surface area contributed by atoms with Crippen molar-refractivity contribution in [2.75, 3.05) is 7.11 Å². The Labute approximate surface area is 167 Å². The molecule has 0 atom stereocenters. The van der Waals surface area contributed by atoms with Crippen LogP contribution in [-0.4, -0.2) is 23.9 Å². The van der Waals surface area contributed by atoms with Crippen molar-refractivity contribution in [1.82, 2.24) is 15.6 Å². The second kappa shape index (κ2) is 9.45. The lowest BCUT2D eigenvalue weighted by Gasteiger charge is -2.08. The number of carbonyl (C=O) groups excluding carboxylic acids is 2. The van der Waals surface area contributed by atoms with Crippen LogP contribution in [0.5, 0.6) is 5.75 Å². The summed E-state index contributed by atoms with van der Waals surface area (Å²) in [6.45, 7) is 0.343. The number of hydrogen-bond acceptors (Lipinski definition) is 4. The molecule has 0 saturated heterocycles. The largest absolute Gasteiger partial charge is 0.497 e. The number of halogens is 1. The highest BCUT2D eigenvalue weighted by atomic mass is 19.1. The Balaban J connectivity index is 1.59. The highest BCUT2D eigenvalue weighted by Gasteiger charge is 2.13. The number of nitrogens with one attached hydrogen (secondary N) is 2. The zero-order chi connectivity index (χ0) is 20.6. The molecule has 0 unspecified atom stereocenters. The van der Waals surface area contributed by atoms with Crippen molar-refractivity contribution in [1.29, 1.82) is 0 Å². The molecule has 0 bridgehead atoms. The molecule has 2 amide bonds. The van der Waals surface area contributed by atoms with Gasteiger partial charge in [0.05, 0.1) is 7.11 Å². The van der Waals surface area contributed by atoms with Gasteiger partial charge < -0.3 is 15.4 Å². The van der Waals surface area contributed by atoms with Crippen LogP contribution < -0.4 is 15.4 Å². The van der Waals surface area contributed by atoms with Crippen molar-refractivity contribution in [2.45, 2.75) is 13.1 Å². The van der Waals surface area contributed by atoms with E-state index < -0.39 is 17.6 Å². The van der Waals surface area contributed by atoms with Crippen molar-refractivity contribution in [3.63, 3.8) is 0 Å². The van der Waals surface area contributed by atoms with Gasteiger partial charge >= 0.3 is 0 Å². The molecular formula is C22H20FN3O3. The molecule has 0 aliphatic rings. The second-order valence-electron chi connectivity index (χ2n) is 6.21. The maximum absolute atomic E-state index is 13.7. The summed E-state index contributed by atoms with van der Waals surface area (Å²) in [7, 11) is 1.59. The van der Waals surface area contributed by atoms with E-state index in [0.717, 1.165) is 11.3 Å². The smallest absolute Gasteiger partial charge is 0.270 e. The predicted octanol–water partition coefficient (Wildman–Crippen LogP) is 3.09. The monoisotopic (exact) mass is 393 g/mol. The van der Waals surface area contributed by atoms with Crippen LogP contribution in [0.2, 0.25) is 0 Å². The summed E-state index contributed by atoms with van der Waals surface area (Å²) in [5.41, 5.74) is 1.47. The van der Waals surface area contributed by atoms with Crippen molar-refractivity contribution < 1.29 is 18.7 Å². The number of carbonyl (C=O) groups is 2. The first-order chi connectivity index (χ1) is 14.1. The van der Waals surface area contributed by atoms with E-state index in [0.29, 0.717) is 12.1 Å². The Bertz CT molecular complexity index is 1010. The minimum atomic E-state index is -0.488. The van der Waals surface area contributed by atoms with Crippen molar-refractivity contribution in [3.05, 3.63) is 95.1 Å². The zero-order valence-electron chi connectivity index (χ0n) is 15.8. The number of rotatable bonds is 7. The highest BCUT2D eigenvalue weighted by Crippen LogP contribution is 2.11. The number of benzene rings is 2. The molecule has 0 fully saturated rings. The first kappa shape index (κ1) is 20.0. The van der Waals surface area contributed by atoms with Gasteiger partial charge in [0.2, 0.25) is 0 Å². The first-order valence-electron chi connectivity index (χ1n) is 8.96. The molecule has 148 valence electrons. The quantitative estimate of drug-likeness (QED) is 0.647. The van der Waals surface area contributed by atoms with Crippen LogP contribution in [0.4, 0.5) is 4.39 Å². The Morgan fingerprint density at radius 1 is 0.862 bits per heavy atom. The highest BCUT2D eigenvalue weighted by molar-refractivity contribution is 5.96. The summed E-state index contributed by atoms with van der Waals surface area (Å²) in [5.74, 6) is -0.550. The Morgan fingerprint density at radius 2 is 1.48 bits per heavy atom. The number of aromatic nitrogens is 1. The summed E-state index contributed by atoms with van der Waals surface area (Å²) in [5, 5.41) is 5.37. The fourth-order valence-electron chi connectivity index (χ4n) is 2.61. The van der Waals surface area contributed by atoms with Gasteiger partial charge in [-0.1, -0.05) is 36.4 Å². The second-order valence-corrected chi connectivity index (χ2v) is 6.21. The maximum atomic E-state index is 13.7.